The van der Waals surface area contributed by atoms with Crippen LogP contribution < -0.4 is 5.32 Å². The van der Waals surface area contributed by atoms with Crippen LogP contribution in [0.2, 0.25) is 0 Å². The predicted molar refractivity (Wildman–Crippen MR) is 126 cm³/mol. The molecule has 0 heterocycles. The zero-order chi connectivity index (χ0) is 23.8. The Bertz CT molecular complexity index is 945. The molecule has 0 aromatic heterocycles. The largest absolute Gasteiger partial charge is 0.481 e. The minimum atomic E-state index is -0.828. The van der Waals surface area contributed by atoms with Crippen molar-refractivity contribution in [3.63, 3.8) is 0 Å². The predicted octanol–water partition coefficient (Wildman–Crippen LogP) is 4.41. The fourth-order valence-corrected chi connectivity index (χ4v) is 4.32. The highest BCUT2D eigenvalue weighted by atomic mass is 16.5. The Morgan fingerprint density at radius 3 is 2.21 bits per heavy atom. The molecule has 0 saturated heterocycles. The van der Waals surface area contributed by atoms with Crippen molar-refractivity contribution in [1.82, 2.24) is 10.2 Å². The Labute approximate surface area is 194 Å². The van der Waals surface area contributed by atoms with Crippen LogP contribution in [-0.2, 0) is 14.3 Å². The SMILES string of the molecule is CCN(CCCCC(=O)O)C(=O)C[C@@H](C)NC(=O)OCC1c2ccccc2-c2ccccc21. The Morgan fingerprint density at radius 1 is 1.03 bits per heavy atom. The van der Waals surface area contributed by atoms with Crippen LogP contribution in [0.25, 0.3) is 11.1 Å². The van der Waals surface area contributed by atoms with Crippen LogP contribution >= 0.6 is 0 Å². The highest BCUT2D eigenvalue weighted by molar-refractivity contribution is 5.79. The van der Waals surface area contributed by atoms with Crippen molar-refractivity contribution < 1.29 is 24.2 Å². The summed E-state index contributed by atoms with van der Waals surface area (Å²) in [5.41, 5.74) is 4.64. The molecule has 33 heavy (non-hydrogen) atoms. The summed E-state index contributed by atoms with van der Waals surface area (Å²) in [6.45, 7) is 4.95. The second-order valence-corrected chi connectivity index (χ2v) is 8.40. The fourth-order valence-electron chi connectivity index (χ4n) is 4.32. The van der Waals surface area contributed by atoms with E-state index in [4.69, 9.17) is 9.84 Å². The number of hydrogen-bond donors (Lipinski definition) is 2. The van der Waals surface area contributed by atoms with Gasteiger partial charge in [-0.15, -0.1) is 0 Å². The number of carbonyl (C=O) groups is 3. The van der Waals surface area contributed by atoms with Crippen molar-refractivity contribution in [3.05, 3.63) is 59.7 Å². The molecule has 0 radical (unpaired) electrons. The molecular weight excluding hydrogens is 420 g/mol. The summed E-state index contributed by atoms with van der Waals surface area (Å²) in [4.78, 5) is 37.3. The number of amides is 2. The molecule has 1 atom stereocenters. The van der Waals surface area contributed by atoms with Crippen LogP contribution in [0.15, 0.2) is 48.5 Å². The number of rotatable bonds is 11. The maximum Gasteiger partial charge on any atom is 0.407 e. The van der Waals surface area contributed by atoms with Gasteiger partial charge < -0.3 is 20.1 Å². The summed E-state index contributed by atoms with van der Waals surface area (Å²) in [6.07, 6.45) is 0.900. The van der Waals surface area contributed by atoms with Crippen molar-refractivity contribution in [2.24, 2.45) is 0 Å². The highest BCUT2D eigenvalue weighted by Gasteiger charge is 2.29. The lowest BCUT2D eigenvalue weighted by Crippen LogP contribution is -2.40. The molecule has 0 bridgehead atoms. The number of benzene rings is 2. The normalized spacial score (nSPS) is 13.0. The first-order chi connectivity index (χ1) is 15.9. The third kappa shape index (κ3) is 6.34. The van der Waals surface area contributed by atoms with Crippen molar-refractivity contribution >= 4 is 18.0 Å². The molecule has 2 aromatic rings. The minimum absolute atomic E-state index is 0.0125. The average molecular weight is 453 g/mol. The maximum absolute atomic E-state index is 12.6. The van der Waals surface area contributed by atoms with Crippen LogP contribution in [0.3, 0.4) is 0 Å². The van der Waals surface area contributed by atoms with Gasteiger partial charge in [-0.2, -0.15) is 0 Å². The van der Waals surface area contributed by atoms with Crippen molar-refractivity contribution in [2.75, 3.05) is 19.7 Å². The quantitative estimate of drug-likeness (QED) is 0.493. The molecule has 1 aliphatic carbocycles. The average Bonchev–Trinajstić information content (AvgIpc) is 3.11. The van der Waals surface area contributed by atoms with Crippen molar-refractivity contribution in [2.45, 2.75) is 51.5 Å². The van der Waals surface area contributed by atoms with E-state index < -0.39 is 12.1 Å². The van der Waals surface area contributed by atoms with E-state index in [0.29, 0.717) is 25.9 Å². The number of alkyl carbamates (subject to hydrolysis) is 1. The number of unbranched alkanes of at least 4 members (excludes halogenated alkanes) is 1. The number of aliphatic carboxylic acids is 1. The molecule has 0 fully saturated rings. The van der Waals surface area contributed by atoms with E-state index in [0.717, 1.165) is 11.1 Å². The number of nitrogens with zero attached hydrogens (tertiary/aromatic N) is 1. The van der Waals surface area contributed by atoms with E-state index >= 15 is 0 Å². The Kier molecular flexibility index (Phi) is 8.46. The van der Waals surface area contributed by atoms with Gasteiger partial charge in [-0.1, -0.05) is 48.5 Å². The molecule has 7 heteroatoms. The summed E-state index contributed by atoms with van der Waals surface area (Å²) in [6, 6.07) is 15.9. The van der Waals surface area contributed by atoms with E-state index in [1.165, 1.54) is 11.1 Å². The lowest BCUT2D eigenvalue weighted by Gasteiger charge is -2.23. The minimum Gasteiger partial charge on any atom is -0.481 e. The van der Waals surface area contributed by atoms with Gasteiger partial charge in [0.15, 0.2) is 0 Å². The summed E-state index contributed by atoms with van der Waals surface area (Å²) < 4.78 is 5.55. The molecule has 2 N–H and O–H groups in total. The number of fused-ring (bicyclic) bond motifs is 3. The summed E-state index contributed by atoms with van der Waals surface area (Å²) in [5.74, 6) is -0.911. The number of carboxylic acids is 1. The number of nitrogens with one attached hydrogen (secondary N) is 1. The fraction of sp³-hybridized carbons (Fsp3) is 0.423. The second kappa shape index (κ2) is 11.5. The van der Waals surface area contributed by atoms with Gasteiger partial charge >= 0.3 is 12.1 Å². The monoisotopic (exact) mass is 452 g/mol. The van der Waals surface area contributed by atoms with Crippen molar-refractivity contribution in [1.29, 1.82) is 0 Å². The third-order valence-electron chi connectivity index (χ3n) is 5.99. The Hall–Kier alpha value is -3.35. The van der Waals surface area contributed by atoms with Crippen LogP contribution in [0.4, 0.5) is 4.79 Å². The summed E-state index contributed by atoms with van der Waals surface area (Å²) in [5, 5.41) is 11.5. The molecule has 3 rings (SSSR count). The zero-order valence-corrected chi connectivity index (χ0v) is 19.3. The zero-order valence-electron chi connectivity index (χ0n) is 19.3. The van der Waals surface area contributed by atoms with Gasteiger partial charge in [0, 0.05) is 37.9 Å². The lowest BCUT2D eigenvalue weighted by atomic mass is 9.98. The first-order valence-electron chi connectivity index (χ1n) is 11.5. The lowest BCUT2D eigenvalue weighted by molar-refractivity contribution is -0.137. The van der Waals surface area contributed by atoms with Gasteiger partial charge in [0.2, 0.25) is 5.91 Å². The van der Waals surface area contributed by atoms with Gasteiger partial charge in [-0.3, -0.25) is 9.59 Å². The van der Waals surface area contributed by atoms with Gasteiger partial charge in [0.25, 0.3) is 0 Å². The molecule has 2 aromatic carbocycles. The molecule has 7 nitrogen and oxygen atoms in total. The molecule has 0 spiro atoms. The smallest absolute Gasteiger partial charge is 0.407 e. The summed E-state index contributed by atoms with van der Waals surface area (Å²) >= 11 is 0. The first kappa shape index (κ1) is 24.3. The van der Waals surface area contributed by atoms with Gasteiger partial charge in [0.05, 0.1) is 0 Å². The molecule has 0 saturated carbocycles. The van der Waals surface area contributed by atoms with Crippen LogP contribution in [0.1, 0.15) is 56.6 Å². The van der Waals surface area contributed by atoms with Gasteiger partial charge in [-0.05, 0) is 48.9 Å². The third-order valence-corrected chi connectivity index (χ3v) is 5.99. The van der Waals surface area contributed by atoms with Crippen molar-refractivity contribution in [3.8, 4) is 11.1 Å². The van der Waals surface area contributed by atoms with Crippen LogP contribution in [0.5, 0.6) is 0 Å². The second-order valence-electron chi connectivity index (χ2n) is 8.40. The molecule has 2 amide bonds. The van der Waals surface area contributed by atoms with E-state index in [1.807, 2.05) is 31.2 Å². The molecule has 0 aliphatic heterocycles. The Morgan fingerprint density at radius 2 is 1.64 bits per heavy atom. The number of carbonyl (C=O) groups excluding carboxylic acids is 2. The van der Waals surface area contributed by atoms with Gasteiger partial charge in [0.1, 0.15) is 6.61 Å². The Balaban J connectivity index is 1.48. The molecule has 176 valence electrons. The maximum atomic E-state index is 12.6. The topological polar surface area (TPSA) is 95.9 Å². The highest BCUT2D eigenvalue weighted by Crippen LogP contribution is 2.44. The first-order valence-corrected chi connectivity index (χ1v) is 11.5. The van der Waals surface area contributed by atoms with Crippen LogP contribution in [-0.4, -0.2) is 53.7 Å². The van der Waals surface area contributed by atoms with E-state index in [2.05, 4.69) is 29.6 Å². The number of hydrogen-bond acceptors (Lipinski definition) is 4. The van der Waals surface area contributed by atoms with E-state index in [9.17, 15) is 14.4 Å². The van der Waals surface area contributed by atoms with E-state index in [-0.39, 0.29) is 37.3 Å². The molecule has 1 aliphatic rings. The molecule has 0 unspecified atom stereocenters. The van der Waals surface area contributed by atoms with Gasteiger partial charge in [-0.25, -0.2) is 4.79 Å². The van der Waals surface area contributed by atoms with Crippen LogP contribution in [0, 0.1) is 0 Å². The molecular formula is C26H32N2O5. The standard InChI is InChI=1S/C26H32N2O5/c1-3-28(15-9-8-14-25(30)31)24(29)16-18(2)27-26(32)33-17-23-21-12-6-4-10-19(21)20-11-5-7-13-22(20)23/h4-7,10-13,18,23H,3,8-9,14-17H2,1-2H3,(H,27,32)(H,30,31)/t18-/m1/s1. The number of carboxylic acid groups (broad SMARTS) is 1. The number of ether oxygens (including phenoxy) is 1. The van der Waals surface area contributed by atoms with E-state index in [1.54, 1.807) is 11.8 Å². The summed E-state index contributed by atoms with van der Waals surface area (Å²) in [7, 11) is 0.